The van der Waals surface area contributed by atoms with Crippen molar-refractivity contribution in [2.24, 2.45) is 0 Å². The standard InChI is InChI=1S/C17H24N4O/c1-13(16(22)20-17(2,3)4)19-15-10-18-21(12-15)11-14-8-6-5-7-9-14/h5-10,12-13,19H,11H2,1-4H3,(H,20,22)/t13-/m1/s1. The maximum Gasteiger partial charge on any atom is 0.242 e. The summed E-state index contributed by atoms with van der Waals surface area (Å²) in [6.45, 7) is 8.46. The Labute approximate surface area is 131 Å². The minimum Gasteiger partial charge on any atom is -0.371 e. The average molecular weight is 300 g/mol. The molecule has 0 unspecified atom stereocenters. The van der Waals surface area contributed by atoms with Crippen molar-refractivity contribution in [1.29, 1.82) is 0 Å². The molecule has 22 heavy (non-hydrogen) atoms. The van der Waals surface area contributed by atoms with E-state index in [1.807, 2.05) is 56.8 Å². The van der Waals surface area contributed by atoms with Crippen LogP contribution >= 0.6 is 0 Å². The molecule has 0 spiro atoms. The second-order valence-electron chi connectivity index (χ2n) is 6.52. The summed E-state index contributed by atoms with van der Waals surface area (Å²) in [7, 11) is 0. The molecule has 0 saturated carbocycles. The van der Waals surface area contributed by atoms with Crippen LogP contribution in [0.25, 0.3) is 0 Å². The molecule has 2 rings (SSSR count). The number of rotatable bonds is 5. The molecule has 5 heteroatoms. The van der Waals surface area contributed by atoms with Crippen LogP contribution in [0.5, 0.6) is 0 Å². The van der Waals surface area contributed by atoms with Crippen molar-refractivity contribution in [2.75, 3.05) is 5.32 Å². The van der Waals surface area contributed by atoms with Gasteiger partial charge in [0.05, 0.1) is 18.4 Å². The van der Waals surface area contributed by atoms with Gasteiger partial charge in [-0.15, -0.1) is 0 Å². The molecular weight excluding hydrogens is 276 g/mol. The van der Waals surface area contributed by atoms with E-state index >= 15 is 0 Å². The monoisotopic (exact) mass is 300 g/mol. The lowest BCUT2D eigenvalue weighted by Gasteiger charge is -2.23. The number of carbonyl (C=O) groups excluding carboxylic acids is 1. The molecule has 1 aromatic carbocycles. The van der Waals surface area contributed by atoms with Crippen molar-refractivity contribution in [3.8, 4) is 0 Å². The zero-order valence-electron chi connectivity index (χ0n) is 13.6. The van der Waals surface area contributed by atoms with E-state index in [4.69, 9.17) is 0 Å². The second-order valence-corrected chi connectivity index (χ2v) is 6.52. The summed E-state index contributed by atoms with van der Waals surface area (Å²) in [5.41, 5.74) is 1.80. The topological polar surface area (TPSA) is 59.0 Å². The highest BCUT2D eigenvalue weighted by molar-refractivity contribution is 5.84. The van der Waals surface area contributed by atoms with Gasteiger partial charge in [-0.3, -0.25) is 9.48 Å². The number of aromatic nitrogens is 2. The molecule has 5 nitrogen and oxygen atoms in total. The predicted octanol–water partition coefficient (Wildman–Crippen LogP) is 2.65. The van der Waals surface area contributed by atoms with Gasteiger partial charge in [0.2, 0.25) is 5.91 Å². The summed E-state index contributed by atoms with van der Waals surface area (Å²) in [6.07, 6.45) is 3.65. The molecule has 0 fully saturated rings. The Kier molecular flexibility index (Phi) is 4.85. The van der Waals surface area contributed by atoms with Gasteiger partial charge in [-0.1, -0.05) is 30.3 Å². The van der Waals surface area contributed by atoms with E-state index in [1.165, 1.54) is 5.56 Å². The van der Waals surface area contributed by atoms with Crippen LogP contribution < -0.4 is 10.6 Å². The van der Waals surface area contributed by atoms with Crippen molar-refractivity contribution in [3.63, 3.8) is 0 Å². The molecule has 0 aliphatic rings. The smallest absolute Gasteiger partial charge is 0.242 e. The highest BCUT2D eigenvalue weighted by Crippen LogP contribution is 2.10. The molecule has 118 valence electrons. The third-order valence-electron chi connectivity index (χ3n) is 3.10. The Hall–Kier alpha value is -2.30. The van der Waals surface area contributed by atoms with Gasteiger partial charge in [-0.25, -0.2) is 0 Å². The lowest BCUT2D eigenvalue weighted by molar-refractivity contribution is -0.122. The highest BCUT2D eigenvalue weighted by atomic mass is 16.2. The number of benzene rings is 1. The minimum absolute atomic E-state index is 0.0247. The first-order valence-corrected chi connectivity index (χ1v) is 7.48. The minimum atomic E-state index is -0.311. The largest absolute Gasteiger partial charge is 0.371 e. The van der Waals surface area contributed by atoms with E-state index in [2.05, 4.69) is 27.9 Å². The fourth-order valence-electron chi connectivity index (χ4n) is 2.09. The Bertz CT molecular complexity index is 613. The molecule has 1 atom stereocenters. The van der Waals surface area contributed by atoms with Crippen LogP contribution in [0.3, 0.4) is 0 Å². The van der Waals surface area contributed by atoms with Crippen LogP contribution in [-0.4, -0.2) is 27.3 Å². The van der Waals surface area contributed by atoms with E-state index in [1.54, 1.807) is 6.20 Å². The Morgan fingerprint density at radius 1 is 1.27 bits per heavy atom. The maximum absolute atomic E-state index is 12.1. The first-order valence-electron chi connectivity index (χ1n) is 7.48. The van der Waals surface area contributed by atoms with Crippen LogP contribution in [-0.2, 0) is 11.3 Å². The van der Waals surface area contributed by atoms with Crippen LogP contribution in [0.1, 0.15) is 33.3 Å². The third kappa shape index (κ3) is 4.91. The number of hydrogen-bond acceptors (Lipinski definition) is 3. The molecule has 2 aromatic rings. The highest BCUT2D eigenvalue weighted by Gasteiger charge is 2.19. The van der Waals surface area contributed by atoms with Gasteiger partial charge in [0.1, 0.15) is 6.04 Å². The third-order valence-corrected chi connectivity index (χ3v) is 3.10. The van der Waals surface area contributed by atoms with Crippen molar-refractivity contribution >= 4 is 11.6 Å². The fourth-order valence-corrected chi connectivity index (χ4v) is 2.09. The molecule has 0 aliphatic heterocycles. The summed E-state index contributed by atoms with van der Waals surface area (Å²) in [5, 5.41) is 10.5. The summed E-state index contributed by atoms with van der Waals surface area (Å²) in [4.78, 5) is 12.1. The van der Waals surface area contributed by atoms with E-state index in [9.17, 15) is 4.79 Å². The number of amides is 1. The van der Waals surface area contributed by atoms with E-state index in [0.29, 0.717) is 6.54 Å². The lowest BCUT2D eigenvalue weighted by Crippen LogP contribution is -2.47. The number of hydrogen-bond donors (Lipinski definition) is 2. The van der Waals surface area contributed by atoms with Gasteiger partial charge in [0.25, 0.3) is 0 Å². The van der Waals surface area contributed by atoms with Crippen molar-refractivity contribution in [2.45, 2.75) is 45.8 Å². The molecule has 0 saturated heterocycles. The second kappa shape index (κ2) is 6.64. The zero-order valence-corrected chi connectivity index (χ0v) is 13.6. The molecule has 1 aromatic heterocycles. The number of nitrogens with zero attached hydrogens (tertiary/aromatic N) is 2. The van der Waals surface area contributed by atoms with E-state index in [0.717, 1.165) is 5.69 Å². The molecule has 1 amide bonds. The van der Waals surface area contributed by atoms with Crippen molar-refractivity contribution in [1.82, 2.24) is 15.1 Å². The Morgan fingerprint density at radius 3 is 2.59 bits per heavy atom. The molecule has 0 aliphatic carbocycles. The summed E-state index contributed by atoms with van der Waals surface area (Å²) in [5.74, 6) is -0.0247. The van der Waals surface area contributed by atoms with Gasteiger partial charge in [0.15, 0.2) is 0 Å². The molecule has 1 heterocycles. The molecular formula is C17H24N4O. The van der Waals surface area contributed by atoms with Gasteiger partial charge in [0, 0.05) is 11.7 Å². The van der Waals surface area contributed by atoms with Crippen LogP contribution in [0.15, 0.2) is 42.7 Å². The normalized spacial score (nSPS) is 12.7. The molecule has 0 bridgehead atoms. The summed E-state index contributed by atoms with van der Waals surface area (Å²) < 4.78 is 1.85. The van der Waals surface area contributed by atoms with Gasteiger partial charge in [-0.05, 0) is 33.3 Å². The van der Waals surface area contributed by atoms with Crippen LogP contribution in [0, 0.1) is 0 Å². The quantitative estimate of drug-likeness (QED) is 0.892. The molecule has 0 radical (unpaired) electrons. The number of anilines is 1. The van der Waals surface area contributed by atoms with Crippen LogP contribution in [0.2, 0.25) is 0 Å². The first-order chi connectivity index (χ1) is 10.3. The van der Waals surface area contributed by atoms with Gasteiger partial charge < -0.3 is 10.6 Å². The predicted molar refractivity (Wildman–Crippen MR) is 88.8 cm³/mol. The molecule has 2 N–H and O–H groups in total. The van der Waals surface area contributed by atoms with Crippen molar-refractivity contribution < 1.29 is 4.79 Å². The Morgan fingerprint density at radius 2 is 1.95 bits per heavy atom. The first kappa shape index (κ1) is 16.1. The lowest BCUT2D eigenvalue weighted by atomic mass is 10.1. The average Bonchev–Trinajstić information content (AvgIpc) is 2.85. The van der Waals surface area contributed by atoms with Gasteiger partial charge in [-0.2, -0.15) is 5.10 Å². The summed E-state index contributed by atoms with van der Waals surface area (Å²) in [6, 6.07) is 9.83. The number of carbonyl (C=O) groups is 1. The van der Waals surface area contributed by atoms with Gasteiger partial charge >= 0.3 is 0 Å². The van der Waals surface area contributed by atoms with E-state index in [-0.39, 0.29) is 17.5 Å². The van der Waals surface area contributed by atoms with Crippen molar-refractivity contribution in [3.05, 3.63) is 48.3 Å². The Balaban J connectivity index is 1.93. The fraction of sp³-hybridized carbons (Fsp3) is 0.412. The maximum atomic E-state index is 12.1. The zero-order chi connectivity index (χ0) is 16.2. The summed E-state index contributed by atoms with van der Waals surface area (Å²) >= 11 is 0. The number of nitrogens with one attached hydrogen (secondary N) is 2. The van der Waals surface area contributed by atoms with Crippen LogP contribution in [0.4, 0.5) is 5.69 Å². The van der Waals surface area contributed by atoms with E-state index < -0.39 is 0 Å². The SMILES string of the molecule is C[C@@H](Nc1cnn(Cc2ccccc2)c1)C(=O)NC(C)(C)C.